The van der Waals surface area contributed by atoms with Crippen LogP contribution in [0.25, 0.3) is 0 Å². The number of anilines is 1. The van der Waals surface area contributed by atoms with Gasteiger partial charge in [0.2, 0.25) is 5.91 Å². The van der Waals surface area contributed by atoms with Gasteiger partial charge in [0.15, 0.2) is 0 Å². The largest absolute Gasteiger partial charge is 0.395 e. The number of halogens is 1. The molecule has 36 heavy (non-hydrogen) atoms. The Balaban J connectivity index is 1.17. The van der Waals surface area contributed by atoms with Crippen molar-refractivity contribution in [3.05, 3.63) is 29.6 Å². The van der Waals surface area contributed by atoms with E-state index in [1.165, 1.54) is 25.3 Å². The number of likely N-dealkylation sites (tertiary alicyclic amines) is 1. The molecule has 0 radical (unpaired) electrons. The first-order chi connectivity index (χ1) is 17.1. The number of urea groups is 1. The van der Waals surface area contributed by atoms with Crippen LogP contribution in [0.2, 0.25) is 0 Å². The van der Waals surface area contributed by atoms with Crippen molar-refractivity contribution in [2.75, 3.05) is 31.6 Å². The molecule has 2 unspecified atom stereocenters. The van der Waals surface area contributed by atoms with Crippen LogP contribution in [-0.2, 0) is 11.3 Å². The molecular formula is C28H41FN4O3. The highest BCUT2D eigenvalue weighted by Gasteiger charge is 2.60. The fourth-order valence-electron chi connectivity index (χ4n) is 8.73. The van der Waals surface area contributed by atoms with Crippen molar-refractivity contribution in [1.29, 1.82) is 0 Å². The molecule has 8 heteroatoms. The zero-order chi connectivity index (χ0) is 25.6. The maximum atomic E-state index is 15.0. The van der Waals surface area contributed by atoms with E-state index in [2.05, 4.69) is 34.7 Å². The van der Waals surface area contributed by atoms with E-state index in [1.54, 1.807) is 6.07 Å². The minimum atomic E-state index is -0.443. The lowest BCUT2D eigenvalue weighted by Crippen LogP contribution is -2.65. The quantitative estimate of drug-likeness (QED) is 0.455. The number of benzene rings is 1. The van der Waals surface area contributed by atoms with Crippen LogP contribution in [0.5, 0.6) is 0 Å². The second-order valence-electron chi connectivity index (χ2n) is 12.9. The summed E-state index contributed by atoms with van der Waals surface area (Å²) < 4.78 is 15.0. The fraction of sp³-hybridized carbons (Fsp3) is 0.714. The number of hydrogen-bond acceptors (Lipinski definition) is 4. The highest BCUT2D eigenvalue weighted by atomic mass is 19.1. The van der Waals surface area contributed by atoms with E-state index < -0.39 is 5.82 Å². The van der Waals surface area contributed by atoms with E-state index in [1.807, 2.05) is 6.07 Å². The summed E-state index contributed by atoms with van der Waals surface area (Å²) >= 11 is 0. The molecule has 3 amide bonds. The average Bonchev–Trinajstić information content (AvgIpc) is 2.76. The average molecular weight is 501 g/mol. The minimum absolute atomic E-state index is 0.0347. The molecule has 5 fully saturated rings. The van der Waals surface area contributed by atoms with Gasteiger partial charge in [-0.25, -0.2) is 9.18 Å². The number of amides is 3. The minimum Gasteiger partial charge on any atom is -0.395 e. The number of piperidine rings is 1. The summed E-state index contributed by atoms with van der Waals surface area (Å²) in [5.41, 5.74) is 1.41. The number of hydrogen-bond donors (Lipinski definition) is 4. The second-order valence-corrected chi connectivity index (χ2v) is 12.9. The van der Waals surface area contributed by atoms with Crippen LogP contribution < -0.4 is 16.0 Å². The molecule has 1 aromatic rings. The SMILES string of the molecule is C[C@]12CC3CC(NC(=O)Nc4ccc(CN5CCC[C@H](C(=O)NCCO)C5)cc4F)(C1)C[C@@](C)(C3)C2. The predicted molar refractivity (Wildman–Crippen MR) is 137 cm³/mol. The topological polar surface area (TPSA) is 93.7 Å². The normalized spacial score (nSPS) is 35.4. The summed E-state index contributed by atoms with van der Waals surface area (Å²) in [7, 11) is 0. The van der Waals surface area contributed by atoms with Crippen molar-refractivity contribution in [1.82, 2.24) is 15.5 Å². The molecular weight excluding hydrogens is 459 g/mol. The van der Waals surface area contributed by atoms with Gasteiger partial charge in [-0.05, 0) is 92.4 Å². The van der Waals surface area contributed by atoms with Gasteiger partial charge < -0.3 is 21.1 Å². The van der Waals surface area contributed by atoms with Gasteiger partial charge in [-0.1, -0.05) is 19.9 Å². The van der Waals surface area contributed by atoms with Gasteiger partial charge in [-0.15, -0.1) is 0 Å². The van der Waals surface area contributed by atoms with Gasteiger partial charge in [0.05, 0.1) is 18.2 Å². The van der Waals surface area contributed by atoms with Gasteiger partial charge in [0.1, 0.15) is 5.82 Å². The molecule has 4 N–H and O–H groups in total. The molecule has 7 nitrogen and oxygen atoms in total. The van der Waals surface area contributed by atoms with Crippen LogP contribution in [0.3, 0.4) is 0 Å². The summed E-state index contributed by atoms with van der Waals surface area (Å²) in [5.74, 6) is 0.0745. The van der Waals surface area contributed by atoms with Crippen molar-refractivity contribution < 1.29 is 19.1 Å². The molecule has 4 bridgehead atoms. The molecule has 198 valence electrons. The first kappa shape index (κ1) is 25.5. The third-order valence-corrected chi connectivity index (χ3v) is 8.98. The molecule has 0 spiro atoms. The number of rotatable bonds is 7. The van der Waals surface area contributed by atoms with Crippen molar-refractivity contribution in [2.24, 2.45) is 22.7 Å². The lowest BCUT2D eigenvalue weighted by Gasteiger charge is -2.65. The van der Waals surface area contributed by atoms with E-state index in [4.69, 9.17) is 5.11 Å². The fourth-order valence-corrected chi connectivity index (χ4v) is 8.73. The Morgan fingerprint density at radius 2 is 1.89 bits per heavy atom. The van der Waals surface area contributed by atoms with Crippen LogP contribution in [-0.4, -0.2) is 53.7 Å². The molecule has 1 aliphatic heterocycles. The molecule has 1 saturated heterocycles. The van der Waals surface area contributed by atoms with Gasteiger partial charge in [0, 0.05) is 25.2 Å². The van der Waals surface area contributed by atoms with Crippen LogP contribution in [0.4, 0.5) is 14.9 Å². The maximum Gasteiger partial charge on any atom is 0.319 e. The molecule has 4 saturated carbocycles. The summed E-state index contributed by atoms with van der Waals surface area (Å²) in [4.78, 5) is 27.4. The molecule has 5 atom stereocenters. The van der Waals surface area contributed by atoms with Crippen molar-refractivity contribution in [3.8, 4) is 0 Å². The van der Waals surface area contributed by atoms with Crippen LogP contribution in [0.1, 0.15) is 70.8 Å². The maximum absolute atomic E-state index is 15.0. The first-order valence-electron chi connectivity index (χ1n) is 13.6. The molecule has 4 aliphatic carbocycles. The molecule has 6 rings (SSSR count). The number of aliphatic hydroxyl groups is 1. The second kappa shape index (κ2) is 9.60. The van der Waals surface area contributed by atoms with Crippen molar-refractivity contribution >= 4 is 17.6 Å². The van der Waals surface area contributed by atoms with Crippen molar-refractivity contribution in [3.63, 3.8) is 0 Å². The molecule has 1 aromatic carbocycles. The smallest absolute Gasteiger partial charge is 0.319 e. The summed E-state index contributed by atoms with van der Waals surface area (Å²) in [5, 5.41) is 17.7. The number of aliphatic hydroxyl groups excluding tert-OH is 1. The van der Waals surface area contributed by atoms with Gasteiger partial charge in [-0.3, -0.25) is 9.69 Å². The Labute approximate surface area is 213 Å². The highest BCUT2D eigenvalue weighted by Crippen LogP contribution is 2.66. The van der Waals surface area contributed by atoms with E-state index in [9.17, 15) is 14.0 Å². The monoisotopic (exact) mass is 500 g/mol. The van der Waals surface area contributed by atoms with Crippen LogP contribution in [0, 0.1) is 28.5 Å². The Morgan fingerprint density at radius 3 is 2.56 bits per heavy atom. The zero-order valence-electron chi connectivity index (χ0n) is 21.7. The number of carbonyl (C=O) groups is 2. The third-order valence-electron chi connectivity index (χ3n) is 8.98. The lowest BCUT2D eigenvalue weighted by molar-refractivity contribution is -0.126. The van der Waals surface area contributed by atoms with Crippen LogP contribution in [0.15, 0.2) is 18.2 Å². The standard InChI is InChI=1S/C28H41FN4O3/c1-26-11-20-12-27(2,16-26)18-28(13-20,17-26)32-25(36)31-23-6-5-19(10-22(23)29)14-33-8-3-4-21(15-33)24(35)30-7-9-34/h5-6,10,20-21,34H,3-4,7-9,11-18H2,1-2H3,(H,30,35)(H2,31,32,36)/t20?,21-,26-,27+,28?/m0/s1. The van der Waals surface area contributed by atoms with E-state index in [0.29, 0.717) is 29.8 Å². The Morgan fingerprint density at radius 1 is 1.14 bits per heavy atom. The summed E-state index contributed by atoms with van der Waals surface area (Å²) in [6.07, 6.45) is 8.53. The van der Waals surface area contributed by atoms with Gasteiger partial charge in [0.25, 0.3) is 0 Å². The number of nitrogens with one attached hydrogen (secondary N) is 3. The van der Waals surface area contributed by atoms with E-state index >= 15 is 0 Å². The first-order valence-corrected chi connectivity index (χ1v) is 13.6. The Bertz CT molecular complexity index is 999. The number of carbonyl (C=O) groups excluding carboxylic acids is 2. The summed E-state index contributed by atoms with van der Waals surface area (Å²) in [6, 6.07) is 4.66. The van der Waals surface area contributed by atoms with Gasteiger partial charge in [-0.2, -0.15) is 0 Å². The zero-order valence-corrected chi connectivity index (χ0v) is 21.7. The third kappa shape index (κ3) is 5.40. The molecule has 1 heterocycles. The molecule has 0 aromatic heterocycles. The Kier molecular flexibility index (Phi) is 6.79. The highest BCUT2D eigenvalue weighted by molar-refractivity contribution is 5.90. The Hall–Kier alpha value is -2.19. The molecule has 5 aliphatic rings. The predicted octanol–water partition coefficient (Wildman–Crippen LogP) is 4.02. The van der Waals surface area contributed by atoms with Crippen LogP contribution >= 0.6 is 0 Å². The van der Waals surface area contributed by atoms with Crippen molar-refractivity contribution in [2.45, 2.75) is 77.3 Å². The van der Waals surface area contributed by atoms with E-state index in [-0.39, 0.29) is 42.2 Å². The number of nitrogens with zero attached hydrogens (tertiary/aromatic N) is 1. The van der Waals surface area contributed by atoms with E-state index in [0.717, 1.165) is 44.2 Å². The van der Waals surface area contributed by atoms with Gasteiger partial charge >= 0.3 is 6.03 Å². The lowest BCUT2D eigenvalue weighted by atomic mass is 9.43. The summed E-state index contributed by atoms with van der Waals surface area (Å²) in [6.45, 7) is 6.96.